The predicted octanol–water partition coefficient (Wildman–Crippen LogP) is 5.27. The molecule has 30 heavy (non-hydrogen) atoms. The molecule has 1 aromatic carbocycles. The number of aromatic nitrogens is 2. The minimum absolute atomic E-state index is 0.136. The molecule has 2 rings (SSSR count). The summed E-state index contributed by atoms with van der Waals surface area (Å²) in [5.41, 5.74) is 2.55. The van der Waals surface area contributed by atoms with Gasteiger partial charge in [-0.2, -0.15) is 0 Å². The van der Waals surface area contributed by atoms with Crippen molar-refractivity contribution in [1.82, 2.24) is 14.5 Å². The van der Waals surface area contributed by atoms with Gasteiger partial charge in [0, 0.05) is 18.8 Å². The first kappa shape index (κ1) is 24.1. The van der Waals surface area contributed by atoms with Crippen LogP contribution in [0.4, 0.5) is 0 Å². The molecule has 0 spiro atoms. The van der Waals surface area contributed by atoms with Crippen LogP contribution in [0.15, 0.2) is 12.1 Å². The highest BCUT2D eigenvalue weighted by Crippen LogP contribution is 2.38. The fraction of sp³-hybridized carbons (Fsp3) is 0.565. The van der Waals surface area contributed by atoms with E-state index in [1.165, 1.54) is 7.11 Å². The van der Waals surface area contributed by atoms with Gasteiger partial charge < -0.3 is 18.9 Å². The fourth-order valence-electron chi connectivity index (χ4n) is 3.43. The number of ether oxygens (including phenoxy) is 2. The van der Waals surface area contributed by atoms with Crippen molar-refractivity contribution in [1.29, 1.82) is 0 Å². The van der Waals surface area contributed by atoms with Gasteiger partial charge in [-0.25, -0.2) is 4.98 Å². The van der Waals surface area contributed by atoms with Crippen LogP contribution in [0.1, 0.15) is 61.2 Å². The topological polar surface area (TPSA) is 56.6 Å². The molecule has 0 fully saturated rings. The molecule has 1 heterocycles. The number of aryl methyl sites for hydroxylation is 1. The Labute approximate surface area is 185 Å². The quantitative estimate of drug-likeness (QED) is 0.510. The van der Waals surface area contributed by atoms with Crippen molar-refractivity contribution >= 4 is 17.5 Å². The summed E-state index contributed by atoms with van der Waals surface area (Å²) in [6.45, 7) is 12.5. The normalized spacial score (nSPS) is 11.1. The number of amides is 1. The molecule has 0 unspecified atom stereocenters. The fourth-order valence-corrected chi connectivity index (χ4v) is 3.74. The largest absolute Gasteiger partial charge is 0.493 e. The van der Waals surface area contributed by atoms with Gasteiger partial charge >= 0.3 is 0 Å². The van der Waals surface area contributed by atoms with Gasteiger partial charge in [0.15, 0.2) is 11.5 Å². The molecule has 0 bridgehead atoms. The summed E-state index contributed by atoms with van der Waals surface area (Å²) in [6.07, 6.45) is 1.90. The monoisotopic (exact) mass is 435 g/mol. The number of rotatable bonds is 10. The number of nitrogens with zero attached hydrogens (tertiary/aromatic N) is 3. The van der Waals surface area contributed by atoms with E-state index in [4.69, 9.17) is 26.1 Å². The van der Waals surface area contributed by atoms with E-state index in [0.29, 0.717) is 36.1 Å². The number of carbonyl (C=O) groups is 1. The van der Waals surface area contributed by atoms with Gasteiger partial charge in [0.05, 0.1) is 37.0 Å². The summed E-state index contributed by atoms with van der Waals surface area (Å²) in [5.74, 6) is 2.11. The van der Waals surface area contributed by atoms with E-state index in [9.17, 15) is 4.79 Å². The molecule has 0 saturated carbocycles. The van der Waals surface area contributed by atoms with Crippen molar-refractivity contribution in [3.63, 3.8) is 0 Å². The van der Waals surface area contributed by atoms with E-state index in [1.807, 2.05) is 11.8 Å². The molecule has 0 saturated heterocycles. The molecule has 0 radical (unpaired) electrons. The Morgan fingerprint density at radius 3 is 2.50 bits per heavy atom. The van der Waals surface area contributed by atoms with Crippen molar-refractivity contribution in [3.05, 3.63) is 39.9 Å². The van der Waals surface area contributed by atoms with Gasteiger partial charge in [-0.05, 0) is 44.7 Å². The molecule has 2 aromatic rings. The van der Waals surface area contributed by atoms with Gasteiger partial charge in [-0.15, -0.1) is 0 Å². The third-order valence-corrected chi connectivity index (χ3v) is 5.67. The van der Waals surface area contributed by atoms with Gasteiger partial charge in [0.25, 0.3) is 5.91 Å². The van der Waals surface area contributed by atoms with Crippen molar-refractivity contribution < 1.29 is 14.3 Å². The lowest BCUT2D eigenvalue weighted by Crippen LogP contribution is -2.33. The highest BCUT2D eigenvalue weighted by atomic mass is 35.5. The molecule has 0 aliphatic carbocycles. The second-order valence-electron chi connectivity index (χ2n) is 7.92. The molecular weight excluding hydrogens is 402 g/mol. The molecule has 1 amide bonds. The number of benzene rings is 1. The number of methoxy groups -OCH3 is 2. The van der Waals surface area contributed by atoms with Gasteiger partial charge in [0.2, 0.25) is 0 Å². The van der Waals surface area contributed by atoms with Gasteiger partial charge in [0.1, 0.15) is 5.82 Å². The number of halogens is 1. The Kier molecular flexibility index (Phi) is 8.59. The Morgan fingerprint density at radius 2 is 1.93 bits per heavy atom. The first-order valence-electron chi connectivity index (χ1n) is 10.5. The van der Waals surface area contributed by atoms with Crippen LogP contribution in [0, 0.1) is 19.8 Å². The summed E-state index contributed by atoms with van der Waals surface area (Å²) in [6, 6.07) is 3.41. The molecule has 6 nitrogen and oxygen atoms in total. The Balaban J connectivity index is 2.43. The van der Waals surface area contributed by atoms with Crippen LogP contribution in [0.2, 0.25) is 5.02 Å². The summed E-state index contributed by atoms with van der Waals surface area (Å²) >= 11 is 6.53. The van der Waals surface area contributed by atoms with Crippen LogP contribution in [-0.4, -0.2) is 41.1 Å². The first-order chi connectivity index (χ1) is 14.2. The maximum Gasteiger partial charge on any atom is 0.255 e. The zero-order valence-electron chi connectivity index (χ0n) is 19.2. The number of hydrogen-bond acceptors (Lipinski definition) is 4. The number of imidazole rings is 1. The minimum Gasteiger partial charge on any atom is -0.493 e. The predicted molar refractivity (Wildman–Crippen MR) is 121 cm³/mol. The van der Waals surface area contributed by atoms with Crippen molar-refractivity contribution in [3.8, 4) is 11.5 Å². The lowest BCUT2D eigenvalue weighted by Gasteiger charge is -2.25. The van der Waals surface area contributed by atoms with E-state index < -0.39 is 0 Å². The average molecular weight is 436 g/mol. The van der Waals surface area contributed by atoms with Crippen molar-refractivity contribution in [2.75, 3.05) is 20.8 Å². The van der Waals surface area contributed by atoms with Crippen LogP contribution in [-0.2, 0) is 13.1 Å². The van der Waals surface area contributed by atoms with Crippen LogP contribution >= 0.6 is 11.6 Å². The van der Waals surface area contributed by atoms with E-state index in [1.54, 1.807) is 19.2 Å². The van der Waals surface area contributed by atoms with Gasteiger partial charge in [-0.1, -0.05) is 32.4 Å². The second-order valence-corrected chi connectivity index (χ2v) is 8.30. The second kappa shape index (κ2) is 10.7. The smallest absolute Gasteiger partial charge is 0.255 e. The first-order valence-corrected chi connectivity index (χ1v) is 10.8. The van der Waals surface area contributed by atoms with E-state index >= 15 is 0 Å². The number of carbonyl (C=O) groups excluding carboxylic acids is 1. The molecule has 7 heteroatoms. The number of hydrogen-bond donors (Lipinski definition) is 0. The summed E-state index contributed by atoms with van der Waals surface area (Å²) in [7, 11) is 3.06. The third-order valence-electron chi connectivity index (χ3n) is 5.30. The molecule has 0 atom stereocenters. The molecule has 166 valence electrons. The van der Waals surface area contributed by atoms with E-state index in [-0.39, 0.29) is 10.9 Å². The average Bonchev–Trinajstić information content (AvgIpc) is 2.97. The van der Waals surface area contributed by atoms with Crippen LogP contribution in [0.3, 0.4) is 0 Å². The van der Waals surface area contributed by atoms with E-state index in [2.05, 4.69) is 32.3 Å². The Morgan fingerprint density at radius 1 is 1.23 bits per heavy atom. The van der Waals surface area contributed by atoms with Crippen LogP contribution < -0.4 is 9.47 Å². The van der Waals surface area contributed by atoms with E-state index in [0.717, 1.165) is 36.6 Å². The van der Waals surface area contributed by atoms with Crippen LogP contribution in [0.5, 0.6) is 11.5 Å². The lowest BCUT2D eigenvalue weighted by molar-refractivity contribution is 0.0728. The maximum absolute atomic E-state index is 13.5. The molecule has 0 aliphatic heterocycles. The zero-order valence-corrected chi connectivity index (χ0v) is 20.0. The Bertz CT molecular complexity index is 877. The van der Waals surface area contributed by atoms with Crippen molar-refractivity contribution in [2.24, 2.45) is 5.92 Å². The third kappa shape index (κ3) is 5.28. The van der Waals surface area contributed by atoms with Crippen LogP contribution in [0.25, 0.3) is 0 Å². The molecule has 1 aromatic heterocycles. The maximum atomic E-state index is 13.5. The van der Waals surface area contributed by atoms with Crippen molar-refractivity contribution in [2.45, 2.75) is 60.5 Å². The summed E-state index contributed by atoms with van der Waals surface area (Å²) in [5, 5.41) is 0.264. The SMILES string of the molecule is CCCn1c(CN(CCC(C)C)C(=O)c2ccc(OC)c(OC)c2Cl)nc(C)c1C. The lowest BCUT2D eigenvalue weighted by atomic mass is 10.1. The zero-order chi connectivity index (χ0) is 22.4. The highest BCUT2D eigenvalue weighted by molar-refractivity contribution is 6.35. The Hall–Kier alpha value is -2.21. The highest BCUT2D eigenvalue weighted by Gasteiger charge is 2.25. The molecular formula is C23H34ClN3O3. The summed E-state index contributed by atoms with van der Waals surface area (Å²) < 4.78 is 12.9. The standard InChI is InChI=1S/C23H34ClN3O3/c1-8-12-27-17(5)16(4)25-20(27)14-26(13-11-15(2)3)23(28)18-9-10-19(29-6)22(30-7)21(18)24/h9-10,15H,8,11-14H2,1-7H3. The summed E-state index contributed by atoms with van der Waals surface area (Å²) in [4.78, 5) is 20.1. The molecule has 0 aliphatic rings. The van der Waals surface area contributed by atoms with Gasteiger partial charge in [-0.3, -0.25) is 4.79 Å². The minimum atomic E-state index is -0.136. The molecule has 0 N–H and O–H groups in total.